The lowest BCUT2D eigenvalue weighted by Gasteiger charge is -2.26. The fourth-order valence-corrected chi connectivity index (χ4v) is 3.61. The molecule has 0 fully saturated rings. The second-order valence-electron chi connectivity index (χ2n) is 6.85. The maximum atomic E-state index is 12.5. The number of carbonyl (C=O) groups is 1. The summed E-state index contributed by atoms with van der Waals surface area (Å²) in [5, 5.41) is 8.09. The first-order valence-electron chi connectivity index (χ1n) is 8.92. The van der Waals surface area contributed by atoms with Gasteiger partial charge in [-0.25, -0.2) is 4.68 Å². The van der Waals surface area contributed by atoms with Crippen molar-refractivity contribution in [1.29, 1.82) is 0 Å². The van der Waals surface area contributed by atoms with E-state index in [0.717, 1.165) is 22.6 Å². The first kappa shape index (κ1) is 17.6. The van der Waals surface area contributed by atoms with Gasteiger partial charge in [0.25, 0.3) is 0 Å². The topological polar surface area (TPSA) is 56.1 Å². The quantitative estimate of drug-likeness (QED) is 0.707. The predicted octanol–water partition coefficient (Wildman–Crippen LogP) is 4.79. The van der Waals surface area contributed by atoms with Crippen molar-refractivity contribution in [2.24, 2.45) is 0 Å². The van der Waals surface area contributed by atoms with Crippen molar-refractivity contribution in [3.05, 3.63) is 70.9 Å². The Hall–Kier alpha value is -2.79. The minimum Gasteiger partial charge on any atom is -0.491 e. The molecule has 5 nitrogen and oxygen atoms in total. The molecular weight excluding hydrogens is 362 g/mol. The van der Waals surface area contributed by atoms with Crippen LogP contribution in [0.15, 0.2) is 54.7 Å². The number of nitrogens with one attached hydrogen (secondary N) is 1. The van der Waals surface area contributed by atoms with Crippen molar-refractivity contribution in [2.75, 3.05) is 5.32 Å². The summed E-state index contributed by atoms with van der Waals surface area (Å²) in [6.07, 6.45) is 2.22. The summed E-state index contributed by atoms with van der Waals surface area (Å²) in [6.45, 7) is 3.99. The highest BCUT2D eigenvalue weighted by atomic mass is 35.5. The summed E-state index contributed by atoms with van der Waals surface area (Å²) in [5.41, 5.74) is 2.76. The van der Waals surface area contributed by atoms with E-state index in [1.165, 1.54) is 0 Å². The number of rotatable bonds is 4. The molecule has 4 rings (SSSR count). The Labute approximate surface area is 162 Å². The number of benzene rings is 2. The second-order valence-corrected chi connectivity index (χ2v) is 7.29. The lowest BCUT2D eigenvalue weighted by Crippen LogP contribution is -2.25. The Morgan fingerprint density at radius 1 is 1.19 bits per heavy atom. The number of ether oxygens (including phenoxy) is 1. The third kappa shape index (κ3) is 3.43. The molecule has 1 aromatic heterocycles. The summed E-state index contributed by atoms with van der Waals surface area (Å²) in [7, 11) is 0. The third-order valence-electron chi connectivity index (χ3n) is 4.53. The van der Waals surface area contributed by atoms with Crippen LogP contribution >= 0.6 is 11.6 Å². The number of anilines is 1. The highest BCUT2D eigenvalue weighted by molar-refractivity contribution is 6.30. The molecule has 2 aromatic carbocycles. The Bertz CT molecular complexity index is 997. The molecule has 1 aliphatic rings. The fourth-order valence-electron chi connectivity index (χ4n) is 3.43. The van der Waals surface area contributed by atoms with Gasteiger partial charge in [0.1, 0.15) is 11.6 Å². The Morgan fingerprint density at radius 3 is 2.78 bits per heavy atom. The van der Waals surface area contributed by atoms with Gasteiger partial charge in [0.2, 0.25) is 5.91 Å². The van der Waals surface area contributed by atoms with E-state index in [0.29, 0.717) is 17.3 Å². The van der Waals surface area contributed by atoms with Gasteiger partial charge in [-0.15, -0.1) is 0 Å². The monoisotopic (exact) mass is 381 g/mol. The van der Waals surface area contributed by atoms with Gasteiger partial charge in [0, 0.05) is 28.5 Å². The number of carbonyl (C=O) groups excluding carboxylic acids is 1. The van der Waals surface area contributed by atoms with E-state index in [2.05, 4.69) is 10.4 Å². The van der Waals surface area contributed by atoms with Crippen LogP contribution in [0.3, 0.4) is 0 Å². The zero-order valence-corrected chi connectivity index (χ0v) is 15.9. The molecule has 1 N–H and O–H groups in total. The average Bonchev–Trinajstić information content (AvgIpc) is 3.05. The minimum absolute atomic E-state index is 0.0457. The first-order valence-corrected chi connectivity index (χ1v) is 9.30. The molecule has 27 heavy (non-hydrogen) atoms. The summed E-state index contributed by atoms with van der Waals surface area (Å²) < 4.78 is 7.70. The van der Waals surface area contributed by atoms with Crippen LogP contribution in [-0.2, 0) is 4.79 Å². The van der Waals surface area contributed by atoms with Gasteiger partial charge in [0.15, 0.2) is 0 Å². The normalized spacial score (nSPS) is 16.1. The molecule has 0 unspecified atom stereocenters. The summed E-state index contributed by atoms with van der Waals surface area (Å²) in [6, 6.07) is 15.3. The summed E-state index contributed by atoms with van der Waals surface area (Å²) in [5.74, 6) is 1.32. The van der Waals surface area contributed by atoms with Crippen molar-refractivity contribution in [2.45, 2.75) is 32.3 Å². The average molecular weight is 382 g/mol. The molecule has 3 aromatic rings. The number of aromatic nitrogens is 2. The molecule has 1 aliphatic heterocycles. The van der Waals surface area contributed by atoms with Crippen molar-refractivity contribution in [1.82, 2.24) is 9.78 Å². The molecule has 0 bridgehead atoms. The Kier molecular flexibility index (Phi) is 4.62. The number of halogens is 1. The van der Waals surface area contributed by atoms with Gasteiger partial charge in [-0.3, -0.25) is 4.79 Å². The van der Waals surface area contributed by atoms with Crippen LogP contribution in [0, 0.1) is 0 Å². The first-order chi connectivity index (χ1) is 13.0. The standard InChI is InChI=1S/C21H20ClN3O2/c1-13(2)27-19-9-4-3-8-16(19)17-11-20(26)24-21-18(17)12-23-25(21)15-7-5-6-14(22)10-15/h3-10,12-13,17H,11H2,1-2H3,(H,24,26)/t17-/m0/s1. The lowest BCUT2D eigenvalue weighted by molar-refractivity contribution is -0.116. The minimum atomic E-state index is -0.114. The van der Waals surface area contributed by atoms with Crippen LogP contribution in [0.2, 0.25) is 5.02 Å². The molecule has 0 aliphatic carbocycles. The number of nitrogens with zero attached hydrogens (tertiary/aromatic N) is 2. The van der Waals surface area contributed by atoms with Crippen LogP contribution in [0.25, 0.3) is 5.69 Å². The summed E-state index contributed by atoms with van der Waals surface area (Å²) >= 11 is 6.12. The maximum absolute atomic E-state index is 12.5. The van der Waals surface area contributed by atoms with Crippen LogP contribution in [-0.4, -0.2) is 21.8 Å². The fraction of sp³-hybridized carbons (Fsp3) is 0.238. The zero-order chi connectivity index (χ0) is 19.0. The number of amides is 1. The molecule has 0 saturated carbocycles. The molecule has 0 radical (unpaired) electrons. The van der Waals surface area contributed by atoms with E-state index in [-0.39, 0.29) is 17.9 Å². The van der Waals surface area contributed by atoms with E-state index in [1.807, 2.05) is 68.6 Å². The van der Waals surface area contributed by atoms with Gasteiger partial charge in [-0.2, -0.15) is 5.10 Å². The van der Waals surface area contributed by atoms with Gasteiger partial charge >= 0.3 is 0 Å². The van der Waals surface area contributed by atoms with E-state index in [1.54, 1.807) is 4.68 Å². The van der Waals surface area contributed by atoms with Crippen LogP contribution in [0.5, 0.6) is 5.75 Å². The van der Waals surface area contributed by atoms with E-state index < -0.39 is 0 Å². The maximum Gasteiger partial charge on any atom is 0.226 e. The van der Waals surface area contributed by atoms with Gasteiger partial charge < -0.3 is 10.1 Å². The summed E-state index contributed by atoms with van der Waals surface area (Å²) in [4.78, 5) is 12.5. The van der Waals surface area contributed by atoms with Crippen molar-refractivity contribution < 1.29 is 9.53 Å². The number of hydrogen-bond acceptors (Lipinski definition) is 3. The molecule has 6 heteroatoms. The molecule has 0 saturated heterocycles. The van der Waals surface area contributed by atoms with Crippen LogP contribution < -0.4 is 10.1 Å². The zero-order valence-electron chi connectivity index (χ0n) is 15.1. The van der Waals surface area contributed by atoms with E-state index in [4.69, 9.17) is 16.3 Å². The van der Waals surface area contributed by atoms with Crippen molar-refractivity contribution in [3.8, 4) is 11.4 Å². The Balaban J connectivity index is 1.81. The Morgan fingerprint density at radius 2 is 2.00 bits per heavy atom. The number of para-hydroxylation sites is 1. The van der Waals surface area contributed by atoms with Crippen molar-refractivity contribution in [3.63, 3.8) is 0 Å². The number of hydrogen-bond donors (Lipinski definition) is 1. The third-order valence-corrected chi connectivity index (χ3v) is 4.77. The molecule has 2 heterocycles. The predicted molar refractivity (Wildman–Crippen MR) is 106 cm³/mol. The lowest BCUT2D eigenvalue weighted by atomic mass is 9.87. The smallest absolute Gasteiger partial charge is 0.226 e. The molecular formula is C21H20ClN3O2. The van der Waals surface area contributed by atoms with Crippen molar-refractivity contribution >= 4 is 23.3 Å². The van der Waals surface area contributed by atoms with Gasteiger partial charge in [-0.05, 0) is 38.1 Å². The van der Waals surface area contributed by atoms with E-state index in [9.17, 15) is 4.79 Å². The second kappa shape index (κ2) is 7.08. The molecule has 1 amide bonds. The highest BCUT2D eigenvalue weighted by Gasteiger charge is 2.32. The largest absolute Gasteiger partial charge is 0.491 e. The van der Waals surface area contributed by atoms with E-state index >= 15 is 0 Å². The highest BCUT2D eigenvalue weighted by Crippen LogP contribution is 2.41. The van der Waals surface area contributed by atoms with Crippen LogP contribution in [0.4, 0.5) is 5.82 Å². The van der Waals surface area contributed by atoms with Gasteiger partial charge in [-0.1, -0.05) is 35.9 Å². The molecule has 1 atom stereocenters. The number of fused-ring (bicyclic) bond motifs is 1. The molecule has 138 valence electrons. The SMILES string of the molecule is CC(C)Oc1ccccc1[C@@H]1CC(=O)Nc2c1cnn2-c1cccc(Cl)c1. The van der Waals surface area contributed by atoms with Crippen LogP contribution in [0.1, 0.15) is 37.3 Å². The van der Waals surface area contributed by atoms with Gasteiger partial charge in [0.05, 0.1) is 18.0 Å². The molecule has 0 spiro atoms.